The first-order valence-electron chi connectivity index (χ1n) is 5.55. The molecule has 0 aromatic heterocycles. The van der Waals surface area contributed by atoms with E-state index in [9.17, 15) is 4.79 Å². The number of hydrogen-bond acceptors (Lipinski definition) is 4. The molecule has 18 heavy (non-hydrogen) atoms. The molecule has 96 valence electrons. The van der Waals surface area contributed by atoms with Crippen molar-refractivity contribution in [1.82, 2.24) is 0 Å². The molecule has 0 aliphatic carbocycles. The molecule has 0 saturated heterocycles. The molecule has 0 atom stereocenters. The molecule has 0 fully saturated rings. The minimum absolute atomic E-state index is 0.344. The Hall–Kier alpha value is -1.73. The van der Waals surface area contributed by atoms with Gasteiger partial charge in [0.2, 0.25) is 0 Å². The molecule has 5 heteroatoms. The fraction of sp³-hybridized carbons (Fsp3) is 0.385. The molecule has 1 rings (SSSR count). The maximum absolute atomic E-state index is 10.7. The molecule has 1 aromatic rings. The van der Waals surface area contributed by atoms with Gasteiger partial charge in [0, 0.05) is 12.0 Å². The van der Waals surface area contributed by atoms with Crippen LogP contribution in [-0.4, -0.2) is 20.0 Å². The van der Waals surface area contributed by atoms with Gasteiger partial charge in [0.25, 0.3) is 0 Å². The summed E-state index contributed by atoms with van der Waals surface area (Å²) in [6, 6.07) is 5.17. The third-order valence-corrected chi connectivity index (χ3v) is 2.60. The number of ether oxygens (including phenoxy) is 2. The topological polar surface area (TPSA) is 59.3 Å². The Balaban J connectivity index is 2.69. The maximum Gasteiger partial charge on any atom is 0.179 e. The van der Waals surface area contributed by atoms with Crippen LogP contribution in [0, 0.1) is 11.3 Å². The highest BCUT2D eigenvalue weighted by Gasteiger charge is 2.11. The van der Waals surface area contributed by atoms with Crippen LogP contribution in [0.25, 0.3) is 0 Å². The van der Waals surface area contributed by atoms with Crippen LogP contribution in [0.3, 0.4) is 0 Å². The zero-order chi connectivity index (χ0) is 13.4. The highest BCUT2D eigenvalue weighted by molar-refractivity contribution is 6.32. The Morgan fingerprint density at radius 3 is 2.83 bits per heavy atom. The van der Waals surface area contributed by atoms with Gasteiger partial charge in [0.05, 0.1) is 24.8 Å². The van der Waals surface area contributed by atoms with E-state index in [0.717, 1.165) is 12.8 Å². The van der Waals surface area contributed by atoms with Crippen molar-refractivity contribution in [2.45, 2.75) is 19.3 Å². The van der Waals surface area contributed by atoms with Gasteiger partial charge in [-0.25, -0.2) is 0 Å². The van der Waals surface area contributed by atoms with Gasteiger partial charge in [-0.1, -0.05) is 11.6 Å². The van der Waals surface area contributed by atoms with Crippen LogP contribution in [0.15, 0.2) is 12.1 Å². The van der Waals surface area contributed by atoms with Crippen molar-refractivity contribution >= 4 is 17.9 Å². The van der Waals surface area contributed by atoms with Crippen LogP contribution < -0.4 is 9.47 Å². The number of unbranched alkanes of at least 4 members (excludes halogenated alkanes) is 2. The molecule has 0 radical (unpaired) electrons. The van der Waals surface area contributed by atoms with E-state index in [1.807, 2.05) is 0 Å². The number of benzene rings is 1. The average molecular weight is 268 g/mol. The second kappa shape index (κ2) is 7.57. The van der Waals surface area contributed by atoms with Crippen molar-refractivity contribution in [3.63, 3.8) is 0 Å². The lowest BCUT2D eigenvalue weighted by Crippen LogP contribution is -2.00. The lowest BCUT2D eigenvalue weighted by atomic mass is 10.2. The molecular formula is C13H14ClNO3. The normalized spacial score (nSPS) is 9.61. The molecule has 0 amide bonds. The maximum atomic E-state index is 10.7. The Morgan fingerprint density at radius 2 is 2.22 bits per heavy atom. The van der Waals surface area contributed by atoms with E-state index in [0.29, 0.717) is 41.4 Å². The second-order valence-electron chi connectivity index (χ2n) is 3.62. The van der Waals surface area contributed by atoms with Crippen molar-refractivity contribution in [1.29, 1.82) is 5.26 Å². The number of halogens is 1. The molecule has 0 aliphatic heterocycles. The summed E-state index contributed by atoms with van der Waals surface area (Å²) < 4.78 is 10.6. The fourth-order valence-corrected chi connectivity index (χ4v) is 1.70. The Kier molecular flexibility index (Phi) is 6.03. The molecule has 0 unspecified atom stereocenters. The summed E-state index contributed by atoms with van der Waals surface area (Å²) in [5.74, 6) is 0.867. The molecular weight excluding hydrogens is 254 g/mol. The van der Waals surface area contributed by atoms with Crippen LogP contribution in [0.4, 0.5) is 0 Å². The number of hydrogen-bond donors (Lipinski definition) is 0. The van der Waals surface area contributed by atoms with Crippen LogP contribution in [0.1, 0.15) is 29.6 Å². The summed E-state index contributed by atoms with van der Waals surface area (Å²) in [6.07, 6.45) is 2.76. The Labute approximate surface area is 111 Å². The summed E-state index contributed by atoms with van der Waals surface area (Å²) >= 11 is 6.02. The summed E-state index contributed by atoms with van der Waals surface area (Å²) in [4.78, 5) is 10.7. The van der Waals surface area contributed by atoms with Crippen LogP contribution in [0.5, 0.6) is 11.5 Å². The fourth-order valence-electron chi connectivity index (χ4n) is 1.43. The largest absolute Gasteiger partial charge is 0.493 e. The lowest BCUT2D eigenvalue weighted by Gasteiger charge is -2.12. The van der Waals surface area contributed by atoms with Gasteiger partial charge < -0.3 is 9.47 Å². The van der Waals surface area contributed by atoms with Gasteiger partial charge in [0.15, 0.2) is 11.5 Å². The first kappa shape index (κ1) is 14.3. The third kappa shape index (κ3) is 3.94. The number of carbonyl (C=O) groups excluding carboxylic acids is 1. The van der Waals surface area contributed by atoms with Crippen LogP contribution in [-0.2, 0) is 0 Å². The monoisotopic (exact) mass is 267 g/mol. The standard InChI is InChI=1S/C13H14ClNO3/c1-17-12-8-10(9-16)7-11(14)13(12)18-6-4-2-3-5-15/h7-9H,2-4,6H2,1H3. The summed E-state index contributed by atoms with van der Waals surface area (Å²) in [5.41, 5.74) is 0.439. The van der Waals surface area contributed by atoms with Gasteiger partial charge in [-0.15, -0.1) is 0 Å². The van der Waals surface area contributed by atoms with E-state index in [-0.39, 0.29) is 0 Å². The number of aldehydes is 1. The number of nitriles is 1. The predicted molar refractivity (Wildman–Crippen MR) is 68.4 cm³/mol. The molecule has 4 nitrogen and oxygen atoms in total. The Morgan fingerprint density at radius 1 is 1.44 bits per heavy atom. The van der Waals surface area contributed by atoms with E-state index in [2.05, 4.69) is 6.07 Å². The average Bonchev–Trinajstić information content (AvgIpc) is 2.39. The smallest absolute Gasteiger partial charge is 0.179 e. The van der Waals surface area contributed by atoms with Gasteiger partial charge in [-0.05, 0) is 25.0 Å². The number of carbonyl (C=O) groups is 1. The van der Waals surface area contributed by atoms with Gasteiger partial charge in [-0.3, -0.25) is 4.79 Å². The summed E-state index contributed by atoms with van der Waals surface area (Å²) in [7, 11) is 1.49. The first-order chi connectivity index (χ1) is 8.72. The molecule has 0 aliphatic rings. The van der Waals surface area contributed by atoms with Crippen molar-refractivity contribution < 1.29 is 14.3 Å². The zero-order valence-corrected chi connectivity index (χ0v) is 10.9. The second-order valence-corrected chi connectivity index (χ2v) is 4.02. The van der Waals surface area contributed by atoms with Crippen LogP contribution in [0.2, 0.25) is 5.02 Å². The van der Waals surface area contributed by atoms with E-state index >= 15 is 0 Å². The van der Waals surface area contributed by atoms with E-state index < -0.39 is 0 Å². The highest BCUT2D eigenvalue weighted by atomic mass is 35.5. The molecule has 0 spiro atoms. The van der Waals surface area contributed by atoms with E-state index in [1.54, 1.807) is 6.07 Å². The lowest BCUT2D eigenvalue weighted by molar-refractivity contribution is 0.112. The number of methoxy groups -OCH3 is 1. The minimum Gasteiger partial charge on any atom is -0.493 e. The number of nitrogens with zero attached hydrogens (tertiary/aromatic N) is 1. The minimum atomic E-state index is 0.344. The molecule has 0 heterocycles. The van der Waals surface area contributed by atoms with Gasteiger partial charge >= 0.3 is 0 Å². The van der Waals surface area contributed by atoms with Gasteiger partial charge in [-0.2, -0.15) is 5.26 Å². The first-order valence-corrected chi connectivity index (χ1v) is 5.93. The molecule has 0 bridgehead atoms. The van der Waals surface area contributed by atoms with E-state index in [1.165, 1.54) is 13.2 Å². The summed E-state index contributed by atoms with van der Waals surface area (Å²) in [6.45, 7) is 0.457. The van der Waals surface area contributed by atoms with Gasteiger partial charge in [0.1, 0.15) is 6.29 Å². The SMILES string of the molecule is COc1cc(C=O)cc(Cl)c1OCCCCC#N. The van der Waals surface area contributed by atoms with Crippen molar-refractivity contribution in [2.75, 3.05) is 13.7 Å². The number of rotatable bonds is 7. The van der Waals surface area contributed by atoms with Crippen molar-refractivity contribution in [3.05, 3.63) is 22.7 Å². The molecule has 0 N–H and O–H groups in total. The highest BCUT2D eigenvalue weighted by Crippen LogP contribution is 2.36. The zero-order valence-electron chi connectivity index (χ0n) is 10.1. The van der Waals surface area contributed by atoms with Crippen molar-refractivity contribution in [2.24, 2.45) is 0 Å². The third-order valence-electron chi connectivity index (χ3n) is 2.32. The molecule has 0 saturated carbocycles. The predicted octanol–water partition coefficient (Wildman–Crippen LogP) is 3.23. The van der Waals surface area contributed by atoms with Crippen molar-refractivity contribution in [3.8, 4) is 17.6 Å². The van der Waals surface area contributed by atoms with Crippen LogP contribution >= 0.6 is 11.6 Å². The van der Waals surface area contributed by atoms with E-state index in [4.69, 9.17) is 26.3 Å². The Bertz CT molecular complexity index is 454. The molecule has 1 aromatic carbocycles. The quantitative estimate of drug-likeness (QED) is 0.562. The summed E-state index contributed by atoms with van der Waals surface area (Å²) in [5, 5.41) is 8.75.